The average molecular weight is 403 g/mol. The van der Waals surface area contributed by atoms with Gasteiger partial charge in [-0.15, -0.1) is 4.98 Å². The highest BCUT2D eigenvalue weighted by Gasteiger charge is 2.59. The quantitative estimate of drug-likeness (QED) is 0.758. The van der Waals surface area contributed by atoms with E-state index in [0.717, 1.165) is 7.11 Å². The van der Waals surface area contributed by atoms with E-state index in [4.69, 9.17) is 11.6 Å². The lowest BCUT2D eigenvalue weighted by Gasteiger charge is -2.22. The Morgan fingerprint density at radius 2 is 1.46 bits per heavy atom. The minimum atomic E-state index is -5.72. The van der Waals surface area contributed by atoms with E-state index in [0.29, 0.717) is 10.7 Å². The monoisotopic (exact) mass is 402 g/mol. The van der Waals surface area contributed by atoms with Crippen molar-refractivity contribution < 1.29 is 35.8 Å². The summed E-state index contributed by atoms with van der Waals surface area (Å²) in [5.74, 6) is -0.391. The van der Waals surface area contributed by atoms with Crippen LogP contribution < -0.4 is 14.8 Å². The minimum Gasteiger partial charge on any atom is -0.467 e. The molecule has 1 N–H and O–H groups in total. The van der Waals surface area contributed by atoms with E-state index in [9.17, 15) is 26.3 Å². The van der Waals surface area contributed by atoms with Crippen molar-refractivity contribution in [2.75, 3.05) is 12.4 Å². The molecule has 0 atom stereocenters. The molecule has 1 aromatic carbocycles. The van der Waals surface area contributed by atoms with Gasteiger partial charge in [0.15, 0.2) is 0 Å². The van der Waals surface area contributed by atoms with Crippen molar-refractivity contribution in [2.45, 2.75) is 18.5 Å². The number of nitrogens with one attached hydrogen (secondary N) is 1. The highest BCUT2D eigenvalue weighted by atomic mass is 35.5. The van der Waals surface area contributed by atoms with Gasteiger partial charge in [-0.25, -0.2) is 0 Å². The Labute approximate surface area is 147 Å². The fourth-order valence-corrected chi connectivity index (χ4v) is 1.75. The number of rotatable bonds is 5. The Hall–Kier alpha value is -2.50. The molecule has 2 aromatic rings. The molecule has 13 heteroatoms. The normalized spacial score (nSPS) is 12.2. The second-order valence-electron chi connectivity index (χ2n) is 4.64. The Bertz CT molecular complexity index is 740. The topological polar surface area (TPSA) is 69.2 Å². The number of hydrogen-bond donors (Lipinski definition) is 1. The molecule has 0 saturated heterocycles. The summed E-state index contributed by atoms with van der Waals surface area (Å²) in [5, 5.41) is 2.96. The first-order valence-corrected chi connectivity index (χ1v) is 6.99. The largest absolute Gasteiger partial charge is 0.467 e. The van der Waals surface area contributed by atoms with Crippen LogP contribution in [-0.2, 0) is 0 Å². The van der Waals surface area contributed by atoms with Crippen LogP contribution in [0.4, 0.5) is 38.0 Å². The number of benzene rings is 1. The maximum absolute atomic E-state index is 12.6. The number of nitrogens with zero attached hydrogens (tertiary/aromatic N) is 3. The second-order valence-corrected chi connectivity index (χ2v) is 5.08. The van der Waals surface area contributed by atoms with E-state index >= 15 is 0 Å². The summed E-state index contributed by atoms with van der Waals surface area (Å²) in [5.41, 5.74) is 0.358. The van der Waals surface area contributed by atoms with Crippen LogP contribution in [0.5, 0.6) is 12.0 Å². The Balaban J connectivity index is 2.32. The molecule has 0 radical (unpaired) electrons. The lowest BCUT2D eigenvalue weighted by Crippen LogP contribution is -2.46. The van der Waals surface area contributed by atoms with Gasteiger partial charge in [-0.05, 0) is 24.3 Å². The second kappa shape index (κ2) is 7.40. The number of halogens is 7. The lowest BCUT2D eigenvalue weighted by atomic mass is 10.3. The fourth-order valence-electron chi connectivity index (χ4n) is 1.62. The van der Waals surface area contributed by atoms with Crippen LogP contribution in [0.25, 0.3) is 0 Å². The molecule has 0 fully saturated rings. The molecule has 0 aliphatic rings. The third-order valence-corrected chi connectivity index (χ3v) is 2.95. The summed E-state index contributed by atoms with van der Waals surface area (Å²) in [6, 6.07) is 4.18. The van der Waals surface area contributed by atoms with Gasteiger partial charge in [-0.3, -0.25) is 0 Å². The van der Waals surface area contributed by atoms with Crippen molar-refractivity contribution in [3.05, 3.63) is 29.3 Å². The third-order valence-electron chi connectivity index (χ3n) is 2.70. The number of alkyl halides is 6. The Morgan fingerprint density at radius 1 is 0.923 bits per heavy atom. The van der Waals surface area contributed by atoms with E-state index in [1.165, 1.54) is 24.3 Å². The Morgan fingerprint density at radius 3 is 1.96 bits per heavy atom. The summed E-state index contributed by atoms with van der Waals surface area (Å²) in [6.45, 7) is 0. The Kier molecular flexibility index (Phi) is 5.64. The van der Waals surface area contributed by atoms with Crippen molar-refractivity contribution >= 4 is 23.2 Å². The molecule has 1 aromatic heterocycles. The van der Waals surface area contributed by atoms with E-state index in [2.05, 4.69) is 29.7 Å². The molecule has 0 aliphatic heterocycles. The molecule has 0 unspecified atom stereocenters. The number of aromatic nitrogens is 3. The summed E-state index contributed by atoms with van der Waals surface area (Å²) in [4.78, 5) is 10.3. The van der Waals surface area contributed by atoms with Crippen molar-refractivity contribution in [1.29, 1.82) is 0 Å². The van der Waals surface area contributed by atoms with E-state index < -0.39 is 36.4 Å². The molecule has 6 nitrogen and oxygen atoms in total. The zero-order valence-electron chi connectivity index (χ0n) is 12.7. The van der Waals surface area contributed by atoms with Crippen LogP contribution in [0.15, 0.2) is 24.3 Å². The van der Waals surface area contributed by atoms with Crippen LogP contribution in [0.3, 0.4) is 0 Å². The van der Waals surface area contributed by atoms with Gasteiger partial charge in [0.2, 0.25) is 5.95 Å². The summed E-state index contributed by atoms with van der Waals surface area (Å²) in [6.07, 6.45) is -15.5. The van der Waals surface area contributed by atoms with Crippen molar-refractivity contribution in [3.8, 4) is 12.0 Å². The molecule has 0 spiro atoms. The van der Waals surface area contributed by atoms with Crippen molar-refractivity contribution in [2.24, 2.45) is 0 Å². The van der Waals surface area contributed by atoms with Crippen LogP contribution in [0, 0.1) is 0 Å². The zero-order chi connectivity index (χ0) is 19.5. The number of methoxy groups -OCH3 is 1. The van der Waals surface area contributed by atoms with Gasteiger partial charge in [0.05, 0.1) is 7.11 Å². The van der Waals surface area contributed by atoms with Gasteiger partial charge in [0.25, 0.3) is 6.10 Å². The molecule has 26 heavy (non-hydrogen) atoms. The number of ether oxygens (including phenoxy) is 2. The predicted molar refractivity (Wildman–Crippen MR) is 77.6 cm³/mol. The highest BCUT2D eigenvalue weighted by molar-refractivity contribution is 6.30. The maximum Gasteiger partial charge on any atom is 0.434 e. The average Bonchev–Trinajstić information content (AvgIpc) is 2.52. The van der Waals surface area contributed by atoms with Gasteiger partial charge in [0.1, 0.15) is 0 Å². The molecular formula is C13H9ClF6N4O2. The summed E-state index contributed by atoms with van der Waals surface area (Å²) < 4.78 is 84.1. The third kappa shape index (κ3) is 5.25. The molecule has 2 rings (SSSR count). The minimum absolute atomic E-state index is 0.358. The van der Waals surface area contributed by atoms with Crippen LogP contribution in [0.2, 0.25) is 5.02 Å². The molecule has 0 amide bonds. The zero-order valence-corrected chi connectivity index (χ0v) is 13.4. The number of hydrogen-bond acceptors (Lipinski definition) is 6. The van der Waals surface area contributed by atoms with E-state index in [1.54, 1.807) is 0 Å². The first kappa shape index (κ1) is 19.8. The summed E-state index contributed by atoms with van der Waals surface area (Å²) in [7, 11) is 1.07. The lowest BCUT2D eigenvalue weighted by molar-refractivity contribution is -0.301. The molecular weight excluding hydrogens is 394 g/mol. The molecule has 0 aliphatic carbocycles. The predicted octanol–water partition coefficient (Wildman–Crippen LogP) is 4.15. The highest BCUT2D eigenvalue weighted by Crippen LogP contribution is 2.36. The molecule has 0 bridgehead atoms. The van der Waals surface area contributed by atoms with E-state index in [-0.39, 0.29) is 0 Å². The summed E-state index contributed by atoms with van der Waals surface area (Å²) >= 11 is 5.71. The SMILES string of the molecule is COc1nc(Nc2ccc(Cl)cc2)nc(OC(C(F)(F)F)C(F)(F)F)n1. The van der Waals surface area contributed by atoms with Crippen LogP contribution in [0.1, 0.15) is 0 Å². The standard InChI is InChI=1S/C13H9ClF6N4O2/c1-25-10-22-9(21-7-4-2-6(14)3-5-7)23-11(24-10)26-8(12(15,16)17)13(18,19)20/h2-5,8H,1H3,(H,21,22,23,24). The molecule has 142 valence electrons. The van der Waals surface area contributed by atoms with Gasteiger partial charge in [-0.1, -0.05) is 11.6 Å². The van der Waals surface area contributed by atoms with Crippen LogP contribution in [-0.4, -0.2) is 40.5 Å². The first-order valence-electron chi connectivity index (χ1n) is 6.62. The van der Waals surface area contributed by atoms with Crippen LogP contribution >= 0.6 is 11.6 Å². The van der Waals surface area contributed by atoms with Gasteiger partial charge < -0.3 is 14.8 Å². The maximum atomic E-state index is 12.6. The van der Waals surface area contributed by atoms with Gasteiger partial charge >= 0.3 is 24.4 Å². The van der Waals surface area contributed by atoms with E-state index in [1.807, 2.05) is 0 Å². The van der Waals surface area contributed by atoms with Gasteiger partial charge in [0, 0.05) is 10.7 Å². The smallest absolute Gasteiger partial charge is 0.434 e. The van der Waals surface area contributed by atoms with Gasteiger partial charge in [-0.2, -0.15) is 36.3 Å². The molecule has 1 heterocycles. The van der Waals surface area contributed by atoms with Crippen molar-refractivity contribution in [3.63, 3.8) is 0 Å². The van der Waals surface area contributed by atoms with Crippen molar-refractivity contribution in [1.82, 2.24) is 15.0 Å². The number of anilines is 2. The molecule has 0 saturated carbocycles. The fraction of sp³-hybridized carbons (Fsp3) is 0.308. The first-order chi connectivity index (χ1) is 12.0.